The Balaban J connectivity index is 1.53. The van der Waals surface area contributed by atoms with Gasteiger partial charge in [0, 0.05) is 10.6 Å². The number of nitriles is 1. The Kier molecular flexibility index (Phi) is 9.69. The number of aromatic nitrogens is 1. The van der Waals surface area contributed by atoms with E-state index in [2.05, 4.69) is 16.1 Å². The Bertz CT molecular complexity index is 1350. The first-order valence-electron chi connectivity index (χ1n) is 12.3. The van der Waals surface area contributed by atoms with Gasteiger partial charge in [0.2, 0.25) is 0 Å². The van der Waals surface area contributed by atoms with Crippen molar-refractivity contribution in [3.05, 3.63) is 124 Å². The summed E-state index contributed by atoms with van der Waals surface area (Å²) >= 11 is 0. The zero-order chi connectivity index (χ0) is 26.6. The highest BCUT2D eigenvalue weighted by Crippen LogP contribution is 2.38. The van der Waals surface area contributed by atoms with E-state index in [1.54, 1.807) is 0 Å². The van der Waals surface area contributed by atoms with E-state index >= 15 is 0 Å². The van der Waals surface area contributed by atoms with Crippen LogP contribution >= 0.6 is 0 Å². The average molecular weight is 508 g/mol. The van der Waals surface area contributed by atoms with Crippen LogP contribution in [0.3, 0.4) is 0 Å². The molecule has 0 bridgehead atoms. The maximum atomic E-state index is 9.81. The number of rotatable bonds is 13. The van der Waals surface area contributed by atoms with Crippen LogP contribution in [0.1, 0.15) is 22.4 Å². The summed E-state index contributed by atoms with van der Waals surface area (Å²) in [5.41, 5.74) is 14.0. The van der Waals surface area contributed by atoms with Crippen LogP contribution in [0.5, 0.6) is 0 Å². The number of azide groups is 1. The lowest BCUT2D eigenvalue weighted by atomic mass is 10.1. The van der Waals surface area contributed by atoms with Crippen molar-refractivity contribution in [2.75, 3.05) is 13.2 Å². The van der Waals surface area contributed by atoms with Crippen molar-refractivity contribution in [1.29, 1.82) is 5.26 Å². The zero-order valence-electron chi connectivity index (χ0n) is 21.2. The fourth-order valence-electron chi connectivity index (χ4n) is 4.14. The molecule has 0 aliphatic rings. The smallest absolute Gasteiger partial charge is 0.123 e. The molecule has 4 rings (SSSR count). The summed E-state index contributed by atoms with van der Waals surface area (Å²) < 4.78 is 20.1. The molecule has 1 aromatic heterocycles. The van der Waals surface area contributed by atoms with Gasteiger partial charge in [0.1, 0.15) is 18.9 Å². The number of hydrogen-bond donors (Lipinski definition) is 0. The van der Waals surface area contributed by atoms with E-state index in [9.17, 15) is 10.8 Å². The van der Waals surface area contributed by atoms with Gasteiger partial charge in [0.15, 0.2) is 0 Å². The molecule has 0 radical (unpaired) electrons. The molecule has 0 aliphatic heterocycles. The molecule has 0 amide bonds. The fourth-order valence-corrected chi connectivity index (χ4v) is 4.14. The second kappa shape index (κ2) is 13.8. The first-order valence-corrected chi connectivity index (χ1v) is 12.3. The van der Waals surface area contributed by atoms with Crippen molar-refractivity contribution in [3.63, 3.8) is 0 Å². The highest BCUT2D eigenvalue weighted by molar-refractivity contribution is 5.79. The molecule has 0 saturated carbocycles. The van der Waals surface area contributed by atoms with Gasteiger partial charge in [-0.1, -0.05) is 96.1 Å². The van der Waals surface area contributed by atoms with Crippen LogP contribution in [-0.4, -0.2) is 23.9 Å². The lowest BCUT2D eigenvalue weighted by Gasteiger charge is -2.21. The van der Waals surface area contributed by atoms with Gasteiger partial charge in [0.25, 0.3) is 0 Å². The Hall–Kier alpha value is -4.38. The molecule has 0 fully saturated rings. The molecule has 0 spiro atoms. The standard InChI is InChI=1S/C30H29N5O3/c1-23-28(17-31)29(33-34-32)30(26-15-9-4-10-16-26)35(23)22-38-27(20-36-18-24-11-5-2-6-12-24)21-37-19-25-13-7-3-8-14-25/h2-16,27H,18-22H2,1H3. The van der Waals surface area contributed by atoms with Crippen LogP contribution in [0.15, 0.2) is 96.1 Å². The van der Waals surface area contributed by atoms with Crippen molar-refractivity contribution >= 4 is 5.69 Å². The summed E-state index contributed by atoms with van der Waals surface area (Å²) in [5, 5.41) is 13.7. The third kappa shape index (κ3) is 6.88. The normalized spacial score (nSPS) is 10.8. The molecule has 3 aromatic carbocycles. The summed E-state index contributed by atoms with van der Waals surface area (Å²) in [4.78, 5) is 2.97. The molecule has 0 N–H and O–H groups in total. The number of benzene rings is 3. The van der Waals surface area contributed by atoms with Gasteiger partial charge < -0.3 is 18.8 Å². The van der Waals surface area contributed by atoms with E-state index in [-0.39, 0.29) is 12.8 Å². The molecule has 0 aliphatic carbocycles. The highest BCUT2D eigenvalue weighted by Gasteiger charge is 2.22. The van der Waals surface area contributed by atoms with Crippen molar-refractivity contribution < 1.29 is 14.2 Å². The lowest BCUT2D eigenvalue weighted by molar-refractivity contribution is -0.0873. The van der Waals surface area contributed by atoms with Gasteiger partial charge in [-0.05, 0) is 29.1 Å². The van der Waals surface area contributed by atoms with Gasteiger partial charge in [-0.15, -0.1) is 0 Å². The lowest BCUT2D eigenvalue weighted by Crippen LogP contribution is -2.27. The SMILES string of the molecule is Cc1c(C#N)c(N=[N+]=[N-])c(-c2ccccc2)n1COC(COCc1ccccc1)COCc1ccccc1. The summed E-state index contributed by atoms with van der Waals surface area (Å²) in [6.45, 7) is 3.49. The van der Waals surface area contributed by atoms with Crippen molar-refractivity contribution in [2.45, 2.75) is 33.0 Å². The first kappa shape index (κ1) is 26.7. The Morgan fingerprint density at radius 1 is 0.868 bits per heavy atom. The average Bonchev–Trinajstić information content (AvgIpc) is 3.23. The quantitative estimate of drug-likeness (QED) is 0.110. The Labute approximate surface area is 222 Å². The van der Waals surface area contributed by atoms with Gasteiger partial charge in [0.05, 0.1) is 43.4 Å². The minimum absolute atomic E-state index is 0.125. The van der Waals surface area contributed by atoms with Gasteiger partial charge in [-0.25, -0.2) is 0 Å². The van der Waals surface area contributed by atoms with Crippen molar-refractivity contribution in [2.24, 2.45) is 5.11 Å². The molecule has 0 saturated heterocycles. The summed E-state index contributed by atoms with van der Waals surface area (Å²) in [7, 11) is 0. The molecule has 192 valence electrons. The van der Waals surface area contributed by atoms with Crippen LogP contribution in [0.25, 0.3) is 21.7 Å². The van der Waals surface area contributed by atoms with Crippen molar-refractivity contribution in [1.82, 2.24) is 4.57 Å². The largest absolute Gasteiger partial charge is 0.374 e. The minimum atomic E-state index is -0.374. The molecular formula is C30H29N5O3. The molecule has 38 heavy (non-hydrogen) atoms. The molecule has 4 aromatic rings. The van der Waals surface area contributed by atoms with E-state index in [1.165, 1.54) is 0 Å². The highest BCUT2D eigenvalue weighted by atomic mass is 16.6. The second-order valence-electron chi connectivity index (χ2n) is 8.67. The third-order valence-electron chi connectivity index (χ3n) is 6.07. The summed E-state index contributed by atoms with van der Waals surface area (Å²) in [5.74, 6) is 0. The topological polar surface area (TPSA) is 105 Å². The minimum Gasteiger partial charge on any atom is -0.374 e. The zero-order valence-corrected chi connectivity index (χ0v) is 21.2. The Morgan fingerprint density at radius 3 is 1.89 bits per heavy atom. The fraction of sp³-hybridized carbons (Fsp3) is 0.233. The maximum Gasteiger partial charge on any atom is 0.123 e. The summed E-state index contributed by atoms with van der Waals surface area (Å²) in [6.07, 6.45) is -0.374. The van der Waals surface area contributed by atoms with Gasteiger partial charge in [-0.2, -0.15) is 5.26 Å². The van der Waals surface area contributed by atoms with Crippen LogP contribution < -0.4 is 0 Å². The monoisotopic (exact) mass is 507 g/mol. The van der Waals surface area contributed by atoms with Crippen molar-refractivity contribution in [3.8, 4) is 17.3 Å². The van der Waals surface area contributed by atoms with E-state index in [0.29, 0.717) is 49.1 Å². The first-order chi connectivity index (χ1) is 18.7. The number of nitrogens with zero attached hydrogens (tertiary/aromatic N) is 5. The molecule has 8 heteroatoms. The van der Waals surface area contributed by atoms with E-state index in [1.807, 2.05) is 102 Å². The molecule has 0 unspecified atom stereocenters. The molecular weight excluding hydrogens is 478 g/mol. The molecule has 8 nitrogen and oxygen atoms in total. The van der Waals surface area contributed by atoms with Crippen LogP contribution in [0.4, 0.5) is 5.69 Å². The number of ether oxygens (including phenoxy) is 3. The van der Waals surface area contributed by atoms with Crippen LogP contribution in [0.2, 0.25) is 0 Å². The molecule has 0 atom stereocenters. The van der Waals surface area contributed by atoms with Crippen LogP contribution in [-0.2, 0) is 34.2 Å². The maximum absolute atomic E-state index is 9.81. The molecule has 1 heterocycles. The van der Waals surface area contributed by atoms with E-state index in [4.69, 9.17) is 14.2 Å². The second-order valence-corrected chi connectivity index (χ2v) is 8.67. The summed E-state index contributed by atoms with van der Waals surface area (Å²) in [6, 6.07) is 31.6. The van der Waals surface area contributed by atoms with E-state index in [0.717, 1.165) is 16.7 Å². The predicted molar refractivity (Wildman–Crippen MR) is 145 cm³/mol. The van der Waals surface area contributed by atoms with E-state index < -0.39 is 0 Å². The predicted octanol–water partition coefficient (Wildman–Crippen LogP) is 7.05. The Morgan fingerprint density at radius 2 is 1.39 bits per heavy atom. The van der Waals surface area contributed by atoms with Crippen LogP contribution in [0, 0.1) is 18.3 Å². The van der Waals surface area contributed by atoms with Gasteiger partial charge >= 0.3 is 0 Å². The number of hydrogen-bond acceptors (Lipinski definition) is 5. The third-order valence-corrected chi connectivity index (χ3v) is 6.07. The van der Waals surface area contributed by atoms with Gasteiger partial charge in [-0.3, -0.25) is 0 Å².